The van der Waals surface area contributed by atoms with Gasteiger partial charge < -0.3 is 33.8 Å². The molecule has 0 amide bonds. The van der Waals surface area contributed by atoms with Crippen LogP contribution in [-0.2, 0) is 65.4 Å². The number of ether oxygens (including phenoxy) is 4. The van der Waals surface area contributed by atoms with Crippen LogP contribution in [0.5, 0.6) is 0 Å². The molecule has 0 bridgehead atoms. The number of esters is 4. The van der Waals surface area contributed by atoms with E-state index in [1.54, 1.807) is 0 Å². The summed E-state index contributed by atoms with van der Waals surface area (Å²) < 4.78 is 68.5. The van der Waals surface area contributed by atoms with Crippen molar-refractivity contribution in [3.63, 3.8) is 0 Å². The second-order valence-corrected chi connectivity index (χ2v) is 32.1. The molecule has 0 aromatic heterocycles. The SMILES string of the molecule is CCCCCCCCCCCCCCCCCCCCC(=O)OC[C@H](COP(=O)(O)OC[C@@H](O)COP(=O)(O)OC[C@@H](COC(=O)CCCCCCCCCC)OC(=O)CCCCCCCCCC(C)C)OC(=O)CCCCCCCCCCCCCCCCCCCCC(C)CC. The summed E-state index contributed by atoms with van der Waals surface area (Å²) in [4.78, 5) is 72.7. The fraction of sp³-hybridized carbons (Fsp3) is 0.949. The van der Waals surface area contributed by atoms with Gasteiger partial charge in [-0.2, -0.15) is 0 Å². The maximum atomic E-state index is 13.1. The minimum atomic E-state index is -4.96. The highest BCUT2D eigenvalue weighted by atomic mass is 31.2. The van der Waals surface area contributed by atoms with E-state index in [0.29, 0.717) is 31.6 Å². The van der Waals surface area contributed by atoms with Gasteiger partial charge in [-0.3, -0.25) is 37.3 Å². The summed E-state index contributed by atoms with van der Waals surface area (Å²) in [5, 5.41) is 10.6. The van der Waals surface area contributed by atoms with Crippen LogP contribution in [0.15, 0.2) is 0 Å². The molecule has 0 saturated carbocycles. The topological polar surface area (TPSA) is 237 Å². The van der Waals surface area contributed by atoms with Crippen LogP contribution in [-0.4, -0.2) is 96.7 Å². The Labute approximate surface area is 600 Å². The Kier molecular flexibility index (Phi) is 69.3. The van der Waals surface area contributed by atoms with Crippen molar-refractivity contribution in [3.05, 3.63) is 0 Å². The highest BCUT2D eigenvalue weighted by Crippen LogP contribution is 2.45. The van der Waals surface area contributed by atoms with E-state index in [4.69, 9.17) is 37.0 Å². The fourth-order valence-electron chi connectivity index (χ4n) is 12.2. The Morgan fingerprint density at radius 1 is 0.296 bits per heavy atom. The van der Waals surface area contributed by atoms with Crippen molar-refractivity contribution < 1.29 is 80.2 Å². The lowest BCUT2D eigenvalue weighted by Gasteiger charge is -2.21. The van der Waals surface area contributed by atoms with Crippen LogP contribution in [0.4, 0.5) is 0 Å². The van der Waals surface area contributed by atoms with Crippen LogP contribution < -0.4 is 0 Å². The minimum absolute atomic E-state index is 0.104. The molecule has 3 N–H and O–H groups in total. The van der Waals surface area contributed by atoms with Gasteiger partial charge in [-0.15, -0.1) is 0 Å². The highest BCUT2D eigenvalue weighted by molar-refractivity contribution is 7.47. The first-order valence-corrected chi connectivity index (χ1v) is 44.0. The van der Waals surface area contributed by atoms with E-state index in [2.05, 4.69) is 41.5 Å². The molecule has 0 radical (unpaired) electrons. The molecule has 0 spiro atoms. The molecule has 0 aromatic rings. The first-order chi connectivity index (χ1) is 47.4. The predicted molar refractivity (Wildman–Crippen MR) is 400 cm³/mol. The van der Waals surface area contributed by atoms with E-state index >= 15 is 0 Å². The number of phosphoric acid groups is 2. The maximum absolute atomic E-state index is 13.1. The lowest BCUT2D eigenvalue weighted by molar-refractivity contribution is -0.161. The molecule has 0 saturated heterocycles. The van der Waals surface area contributed by atoms with Gasteiger partial charge in [-0.25, -0.2) is 9.13 Å². The first kappa shape index (κ1) is 96.1. The zero-order chi connectivity index (χ0) is 72.1. The van der Waals surface area contributed by atoms with E-state index in [0.717, 1.165) is 102 Å². The van der Waals surface area contributed by atoms with Gasteiger partial charge in [0.25, 0.3) is 0 Å². The molecule has 19 heteroatoms. The summed E-state index contributed by atoms with van der Waals surface area (Å²) >= 11 is 0. The van der Waals surface area contributed by atoms with Gasteiger partial charge in [0.05, 0.1) is 26.4 Å². The Hall–Kier alpha value is -1.94. The van der Waals surface area contributed by atoms with E-state index in [1.165, 1.54) is 225 Å². The van der Waals surface area contributed by atoms with Crippen LogP contribution in [0.1, 0.15) is 414 Å². The molecule has 0 fully saturated rings. The Morgan fingerprint density at radius 3 is 0.776 bits per heavy atom. The summed E-state index contributed by atoms with van der Waals surface area (Å²) in [5.74, 6) is -0.551. The molecular weight excluding hydrogens is 1280 g/mol. The molecule has 0 aliphatic heterocycles. The summed E-state index contributed by atoms with van der Waals surface area (Å²) in [6.07, 6.45) is 60.0. The third kappa shape index (κ3) is 71.1. The second kappa shape index (κ2) is 70.7. The van der Waals surface area contributed by atoms with Gasteiger partial charge in [0.15, 0.2) is 12.2 Å². The number of unbranched alkanes of at least 4 members (excludes halogenated alkanes) is 47. The maximum Gasteiger partial charge on any atom is 0.472 e. The molecule has 3 unspecified atom stereocenters. The third-order valence-corrected chi connectivity index (χ3v) is 20.7. The highest BCUT2D eigenvalue weighted by Gasteiger charge is 2.30. The number of hydrogen-bond donors (Lipinski definition) is 3. The van der Waals surface area contributed by atoms with Crippen LogP contribution in [0, 0.1) is 11.8 Å². The summed E-state index contributed by atoms with van der Waals surface area (Å²) in [7, 11) is -9.91. The summed E-state index contributed by atoms with van der Waals surface area (Å²) in [6, 6.07) is 0. The number of aliphatic hydroxyl groups is 1. The molecule has 0 rings (SSSR count). The zero-order valence-electron chi connectivity index (χ0n) is 64.1. The molecule has 6 atom stereocenters. The van der Waals surface area contributed by atoms with Gasteiger partial charge in [-0.1, -0.05) is 363 Å². The molecule has 0 aliphatic rings. The lowest BCUT2D eigenvalue weighted by atomic mass is 9.99. The number of aliphatic hydroxyl groups excluding tert-OH is 1. The van der Waals surface area contributed by atoms with Crippen molar-refractivity contribution in [2.24, 2.45) is 11.8 Å². The lowest BCUT2D eigenvalue weighted by Crippen LogP contribution is -2.30. The van der Waals surface area contributed by atoms with Crippen molar-refractivity contribution in [3.8, 4) is 0 Å². The quantitative estimate of drug-likeness (QED) is 0.0222. The van der Waals surface area contributed by atoms with Gasteiger partial charge in [0.2, 0.25) is 0 Å². The predicted octanol–water partition coefficient (Wildman–Crippen LogP) is 23.5. The smallest absolute Gasteiger partial charge is 0.462 e. The van der Waals surface area contributed by atoms with Crippen LogP contribution in [0.3, 0.4) is 0 Å². The van der Waals surface area contributed by atoms with Crippen LogP contribution in [0.25, 0.3) is 0 Å². The molecule has 0 heterocycles. The van der Waals surface area contributed by atoms with E-state index in [-0.39, 0.29) is 25.7 Å². The van der Waals surface area contributed by atoms with Gasteiger partial charge >= 0.3 is 39.5 Å². The van der Waals surface area contributed by atoms with Crippen LogP contribution >= 0.6 is 15.6 Å². The molecule has 0 aliphatic carbocycles. The Bertz CT molecular complexity index is 1890. The first-order valence-electron chi connectivity index (χ1n) is 41.0. The molecule has 17 nitrogen and oxygen atoms in total. The van der Waals surface area contributed by atoms with E-state index in [1.807, 2.05) is 0 Å². The zero-order valence-corrected chi connectivity index (χ0v) is 65.9. The monoisotopic (exact) mass is 1440 g/mol. The minimum Gasteiger partial charge on any atom is -0.462 e. The van der Waals surface area contributed by atoms with E-state index < -0.39 is 97.5 Å². The number of hydrogen-bond acceptors (Lipinski definition) is 15. The molecule has 98 heavy (non-hydrogen) atoms. The fourth-order valence-corrected chi connectivity index (χ4v) is 13.7. The molecular formula is C79H154O17P2. The number of carbonyl (C=O) groups excluding carboxylic acids is 4. The number of rotatable bonds is 78. The normalized spacial score (nSPS) is 14.2. The summed E-state index contributed by atoms with van der Waals surface area (Å²) in [6.45, 7) is 9.59. The average molecular weight is 1440 g/mol. The average Bonchev–Trinajstić information content (AvgIpc) is 0.945. The Morgan fingerprint density at radius 2 is 0.520 bits per heavy atom. The van der Waals surface area contributed by atoms with Crippen molar-refractivity contribution >= 4 is 39.5 Å². The van der Waals surface area contributed by atoms with Gasteiger partial charge in [-0.05, 0) is 37.5 Å². The number of carbonyl (C=O) groups is 4. The van der Waals surface area contributed by atoms with Crippen LogP contribution in [0.2, 0.25) is 0 Å². The molecule has 582 valence electrons. The van der Waals surface area contributed by atoms with Gasteiger partial charge in [0, 0.05) is 25.7 Å². The van der Waals surface area contributed by atoms with Crippen molar-refractivity contribution in [1.29, 1.82) is 0 Å². The Balaban J connectivity index is 5.16. The second-order valence-electron chi connectivity index (χ2n) is 29.2. The van der Waals surface area contributed by atoms with Crippen molar-refractivity contribution in [1.82, 2.24) is 0 Å². The summed E-state index contributed by atoms with van der Waals surface area (Å²) in [5.41, 5.74) is 0. The van der Waals surface area contributed by atoms with E-state index in [9.17, 15) is 43.2 Å². The molecule has 0 aromatic carbocycles. The van der Waals surface area contributed by atoms with Gasteiger partial charge in [0.1, 0.15) is 19.3 Å². The number of phosphoric ester groups is 2. The van der Waals surface area contributed by atoms with Crippen molar-refractivity contribution in [2.45, 2.75) is 432 Å². The largest absolute Gasteiger partial charge is 0.472 e. The van der Waals surface area contributed by atoms with Crippen molar-refractivity contribution in [2.75, 3.05) is 39.6 Å². The standard InChI is InChI=1S/C79H154O17P2/c1-7-10-12-14-16-18-19-20-21-22-26-29-32-35-38-44-50-56-62-77(82)90-68-74(95-78(83)63-57-51-45-39-36-33-30-27-24-23-25-28-31-34-37-42-48-54-60-72(6)9-3)69-93-97(85,86)91-65-73(80)66-92-98(87,88)94-70-75(67-89-76(81)61-55-49-43-17-15-13-11-8-2)96-79(84)64-58-52-46-40-41-47-53-59-71(4)5/h71-75,80H,7-70H2,1-6H3,(H,85,86)(H,87,88)/t72?,73-,74-,75-/m1/s1. The third-order valence-electron chi connectivity index (χ3n) is 18.8.